The van der Waals surface area contributed by atoms with Gasteiger partial charge in [0, 0.05) is 12.8 Å². The summed E-state index contributed by atoms with van der Waals surface area (Å²) in [6.07, 6.45) is 0.466. The molecule has 0 aromatic heterocycles. The van der Waals surface area contributed by atoms with Crippen LogP contribution >= 0.6 is 0 Å². The van der Waals surface area contributed by atoms with Crippen LogP contribution in [0.15, 0.2) is 11.1 Å². The van der Waals surface area contributed by atoms with E-state index in [2.05, 4.69) is 13.8 Å². The van der Waals surface area contributed by atoms with Gasteiger partial charge in [-0.1, -0.05) is 20.8 Å². The summed E-state index contributed by atoms with van der Waals surface area (Å²) >= 11 is 0. The van der Waals surface area contributed by atoms with Crippen molar-refractivity contribution in [1.82, 2.24) is 0 Å². The van der Waals surface area contributed by atoms with E-state index in [0.717, 1.165) is 24.0 Å². The highest BCUT2D eigenvalue weighted by Gasteiger charge is 2.40. The summed E-state index contributed by atoms with van der Waals surface area (Å²) < 4.78 is 5.32. The molecule has 1 rings (SSSR count). The van der Waals surface area contributed by atoms with Crippen LogP contribution in [0.1, 0.15) is 54.4 Å². The molecule has 114 valence electrons. The topological polar surface area (TPSA) is 63.6 Å². The molecule has 1 aliphatic rings. The molecule has 0 fully saturated rings. The van der Waals surface area contributed by atoms with Crippen molar-refractivity contribution in [2.75, 3.05) is 0 Å². The molecule has 4 nitrogen and oxygen atoms in total. The number of hydrogen-bond acceptors (Lipinski definition) is 4. The molecular formula is C16H26O4. The van der Waals surface area contributed by atoms with Gasteiger partial charge in [-0.15, -0.1) is 0 Å². The van der Waals surface area contributed by atoms with Crippen LogP contribution in [0.25, 0.3) is 0 Å². The highest BCUT2D eigenvalue weighted by Crippen LogP contribution is 2.44. The van der Waals surface area contributed by atoms with Crippen LogP contribution < -0.4 is 0 Å². The number of hydrogen-bond donors (Lipinski definition) is 1. The molecular weight excluding hydrogens is 256 g/mol. The molecule has 0 unspecified atom stereocenters. The smallest absolute Gasteiger partial charge is 0.303 e. The third-order valence-electron chi connectivity index (χ3n) is 4.39. The van der Waals surface area contributed by atoms with Gasteiger partial charge in [0.15, 0.2) is 0 Å². The first kappa shape index (κ1) is 16.9. The number of Topliss-reactive ketones (excluding diaryl/α,β-unsaturated/α-hetero) is 1. The summed E-state index contributed by atoms with van der Waals surface area (Å²) in [6, 6.07) is 0. The Bertz CT molecular complexity index is 434. The molecule has 1 aliphatic carbocycles. The minimum absolute atomic E-state index is 0.0387. The summed E-state index contributed by atoms with van der Waals surface area (Å²) in [5, 5.41) is 10.6. The number of esters is 1. The van der Waals surface area contributed by atoms with Crippen LogP contribution in [0.3, 0.4) is 0 Å². The lowest BCUT2D eigenvalue weighted by Crippen LogP contribution is -2.39. The zero-order chi connectivity index (χ0) is 15.7. The number of ketones is 1. The largest absolute Gasteiger partial charge is 0.458 e. The zero-order valence-electron chi connectivity index (χ0n) is 13.3. The maximum absolute atomic E-state index is 11.5. The summed E-state index contributed by atoms with van der Waals surface area (Å²) in [5.74, 6) is -0.805. The van der Waals surface area contributed by atoms with E-state index in [1.165, 1.54) is 13.8 Å². The fourth-order valence-electron chi connectivity index (χ4n) is 3.00. The number of carbonyl (C=O) groups is 2. The molecule has 0 saturated carbocycles. The van der Waals surface area contributed by atoms with Crippen molar-refractivity contribution in [3.05, 3.63) is 11.1 Å². The fraction of sp³-hybridized carbons (Fsp3) is 0.750. The molecule has 0 radical (unpaired) electrons. The maximum atomic E-state index is 11.5. The van der Waals surface area contributed by atoms with E-state index in [9.17, 15) is 14.7 Å². The Kier molecular flexibility index (Phi) is 5.14. The van der Waals surface area contributed by atoms with Crippen molar-refractivity contribution >= 4 is 11.8 Å². The molecule has 0 spiro atoms. The average Bonchev–Trinajstić information content (AvgIpc) is 2.31. The van der Waals surface area contributed by atoms with Crippen LogP contribution in [0.5, 0.6) is 0 Å². The van der Waals surface area contributed by atoms with Crippen molar-refractivity contribution < 1.29 is 19.4 Å². The van der Waals surface area contributed by atoms with Gasteiger partial charge in [0.25, 0.3) is 0 Å². The molecule has 0 saturated heterocycles. The van der Waals surface area contributed by atoms with Crippen LogP contribution in [-0.4, -0.2) is 29.1 Å². The van der Waals surface area contributed by atoms with E-state index in [4.69, 9.17) is 4.74 Å². The molecule has 1 N–H and O–H groups in total. The number of aliphatic hydroxyl groups excluding tert-OH is 1. The van der Waals surface area contributed by atoms with E-state index in [1.54, 1.807) is 6.92 Å². The summed E-state index contributed by atoms with van der Waals surface area (Å²) in [6.45, 7) is 10.6. The maximum Gasteiger partial charge on any atom is 0.303 e. The molecule has 0 bridgehead atoms. The van der Waals surface area contributed by atoms with Crippen LogP contribution in [-0.2, 0) is 14.3 Å². The van der Waals surface area contributed by atoms with Gasteiger partial charge < -0.3 is 9.84 Å². The monoisotopic (exact) mass is 282 g/mol. The normalized spacial score (nSPS) is 25.1. The predicted octanol–water partition coefficient (Wildman–Crippen LogP) is 2.64. The van der Waals surface area contributed by atoms with Gasteiger partial charge in [0.05, 0.1) is 6.10 Å². The van der Waals surface area contributed by atoms with Gasteiger partial charge in [-0.3, -0.25) is 9.59 Å². The van der Waals surface area contributed by atoms with Gasteiger partial charge in [-0.2, -0.15) is 0 Å². The Morgan fingerprint density at radius 2 is 1.90 bits per heavy atom. The minimum atomic E-state index is -0.819. The van der Waals surface area contributed by atoms with Crippen LogP contribution in [0.2, 0.25) is 0 Å². The molecule has 0 aliphatic heterocycles. The quantitative estimate of drug-likeness (QED) is 0.636. The number of carbonyl (C=O) groups excluding carboxylic acids is 2. The molecule has 4 heteroatoms. The molecule has 3 atom stereocenters. The first-order valence-corrected chi connectivity index (χ1v) is 7.14. The molecule has 0 aromatic carbocycles. The summed E-state index contributed by atoms with van der Waals surface area (Å²) in [7, 11) is 0. The van der Waals surface area contributed by atoms with E-state index < -0.39 is 12.0 Å². The van der Waals surface area contributed by atoms with Gasteiger partial charge >= 0.3 is 5.97 Å². The third kappa shape index (κ3) is 3.48. The SMILES string of the molecule is CC(=O)O[C@@H]1CCC(C)(C)C([C@H](O)[C@H](C)C(C)=O)=C1C. The number of rotatable bonds is 4. The fourth-order valence-corrected chi connectivity index (χ4v) is 3.00. The van der Waals surface area contributed by atoms with Gasteiger partial charge in [-0.05, 0) is 43.3 Å². The lowest BCUT2D eigenvalue weighted by molar-refractivity contribution is -0.145. The van der Waals surface area contributed by atoms with Gasteiger partial charge in [0.2, 0.25) is 0 Å². The minimum Gasteiger partial charge on any atom is -0.458 e. The lowest BCUT2D eigenvalue weighted by Gasteiger charge is -2.41. The molecule has 0 heterocycles. The Morgan fingerprint density at radius 3 is 2.35 bits per heavy atom. The molecule has 20 heavy (non-hydrogen) atoms. The van der Waals surface area contributed by atoms with Crippen molar-refractivity contribution in [3.63, 3.8) is 0 Å². The van der Waals surface area contributed by atoms with E-state index in [1.807, 2.05) is 6.92 Å². The Morgan fingerprint density at radius 1 is 1.35 bits per heavy atom. The van der Waals surface area contributed by atoms with Crippen molar-refractivity contribution in [3.8, 4) is 0 Å². The molecule has 0 aromatic rings. The highest BCUT2D eigenvalue weighted by atomic mass is 16.5. The first-order valence-electron chi connectivity index (χ1n) is 7.14. The standard InChI is InChI=1S/C16H26O4/c1-9(11(3)17)15(19)14-10(2)13(20-12(4)18)7-8-16(14,5)6/h9,13,15,19H,7-8H2,1-6H3/t9-,13-,15-/m1/s1. The second-order valence-electron chi connectivity index (χ2n) is 6.46. The number of aliphatic hydroxyl groups is 1. The van der Waals surface area contributed by atoms with Crippen LogP contribution in [0, 0.1) is 11.3 Å². The van der Waals surface area contributed by atoms with Crippen molar-refractivity contribution in [2.24, 2.45) is 11.3 Å². The molecule has 0 amide bonds. The Balaban J connectivity index is 3.18. The zero-order valence-corrected chi connectivity index (χ0v) is 13.3. The Hall–Kier alpha value is -1.16. The van der Waals surface area contributed by atoms with Crippen molar-refractivity contribution in [1.29, 1.82) is 0 Å². The summed E-state index contributed by atoms with van der Waals surface area (Å²) in [5.41, 5.74) is 1.54. The van der Waals surface area contributed by atoms with Gasteiger partial charge in [-0.25, -0.2) is 0 Å². The second kappa shape index (κ2) is 6.08. The number of ether oxygens (including phenoxy) is 1. The van der Waals surface area contributed by atoms with E-state index >= 15 is 0 Å². The van der Waals surface area contributed by atoms with E-state index in [0.29, 0.717) is 0 Å². The third-order valence-corrected chi connectivity index (χ3v) is 4.39. The highest BCUT2D eigenvalue weighted by molar-refractivity contribution is 5.79. The average molecular weight is 282 g/mol. The van der Waals surface area contributed by atoms with E-state index in [-0.39, 0.29) is 23.3 Å². The Labute approximate surface area is 121 Å². The van der Waals surface area contributed by atoms with Crippen LogP contribution in [0.4, 0.5) is 0 Å². The summed E-state index contributed by atoms with van der Waals surface area (Å²) in [4.78, 5) is 22.7. The van der Waals surface area contributed by atoms with Gasteiger partial charge in [0.1, 0.15) is 11.9 Å². The predicted molar refractivity (Wildman–Crippen MR) is 77.1 cm³/mol. The van der Waals surface area contributed by atoms with Crippen molar-refractivity contribution in [2.45, 2.75) is 66.6 Å². The first-order chi connectivity index (χ1) is 9.08. The second-order valence-corrected chi connectivity index (χ2v) is 6.46. The lowest BCUT2D eigenvalue weighted by atomic mass is 9.67.